The fraction of sp³-hybridized carbons (Fsp3) is 0.526. The molecule has 2 aromatic rings. The van der Waals surface area contributed by atoms with E-state index in [1.807, 2.05) is 43.0 Å². The Morgan fingerprint density at radius 1 is 1.25 bits per heavy atom. The van der Waals surface area contributed by atoms with Crippen LogP contribution in [0.2, 0.25) is 0 Å². The second kappa shape index (κ2) is 10.5. The van der Waals surface area contributed by atoms with Gasteiger partial charge in [0.1, 0.15) is 6.10 Å². The molecule has 0 bridgehead atoms. The van der Waals surface area contributed by atoms with Gasteiger partial charge in [0.05, 0.1) is 6.54 Å². The molecule has 1 aliphatic heterocycles. The predicted molar refractivity (Wildman–Crippen MR) is 107 cm³/mol. The number of hydrogen-bond acceptors (Lipinski definition) is 7. The first-order valence-electron chi connectivity index (χ1n) is 9.35. The zero-order valence-electron chi connectivity index (χ0n) is 16.3. The van der Waals surface area contributed by atoms with Crippen LogP contribution in [0.1, 0.15) is 47.6 Å². The van der Waals surface area contributed by atoms with Gasteiger partial charge in [-0.05, 0) is 31.5 Å². The van der Waals surface area contributed by atoms with Crippen LogP contribution in [-0.4, -0.2) is 58.6 Å². The Bertz CT molecular complexity index is 744. The van der Waals surface area contributed by atoms with Crippen molar-refractivity contribution in [2.24, 2.45) is 5.73 Å². The first-order valence-corrected chi connectivity index (χ1v) is 9.35. The van der Waals surface area contributed by atoms with E-state index in [1.165, 1.54) is 0 Å². The Morgan fingerprint density at radius 2 is 1.93 bits per heavy atom. The Kier molecular flexibility index (Phi) is 8.37. The Labute approximate surface area is 171 Å². The van der Waals surface area contributed by atoms with E-state index in [0.29, 0.717) is 50.1 Å². The molecule has 0 radical (unpaired) electrons. The number of hydrogen-bond donors (Lipinski definition) is 1. The highest BCUT2D eigenvalue weighted by atomic mass is 35.5. The van der Waals surface area contributed by atoms with E-state index >= 15 is 0 Å². The highest BCUT2D eigenvalue weighted by molar-refractivity contribution is 5.94. The van der Waals surface area contributed by atoms with E-state index < -0.39 is 0 Å². The first kappa shape index (κ1) is 22.3. The summed E-state index contributed by atoms with van der Waals surface area (Å²) in [5.41, 5.74) is 7.33. The summed E-state index contributed by atoms with van der Waals surface area (Å²) in [4.78, 5) is 21.1. The fourth-order valence-corrected chi connectivity index (χ4v) is 3.09. The summed E-state index contributed by atoms with van der Waals surface area (Å²) >= 11 is 0. The van der Waals surface area contributed by atoms with Crippen LogP contribution in [0.25, 0.3) is 0 Å². The van der Waals surface area contributed by atoms with Gasteiger partial charge < -0.3 is 19.9 Å². The number of piperazine rings is 1. The van der Waals surface area contributed by atoms with Gasteiger partial charge in [-0.25, -0.2) is 0 Å². The summed E-state index contributed by atoms with van der Waals surface area (Å²) in [7, 11) is 0. The third-order valence-corrected chi connectivity index (χ3v) is 4.72. The summed E-state index contributed by atoms with van der Waals surface area (Å²) in [6, 6.07) is 7.49. The average molecular weight is 410 g/mol. The molecule has 1 aromatic heterocycles. The second-order valence-electron chi connectivity index (χ2n) is 6.61. The third-order valence-electron chi connectivity index (χ3n) is 4.72. The average Bonchev–Trinajstić information content (AvgIpc) is 3.17. The minimum absolute atomic E-state index is 0. The van der Waals surface area contributed by atoms with Crippen molar-refractivity contribution in [3.05, 3.63) is 47.1 Å². The maximum Gasteiger partial charge on any atom is 0.253 e. The molecular weight excluding hydrogens is 382 g/mol. The lowest BCUT2D eigenvalue weighted by Crippen LogP contribution is -2.48. The van der Waals surface area contributed by atoms with Crippen molar-refractivity contribution in [1.29, 1.82) is 0 Å². The van der Waals surface area contributed by atoms with Crippen LogP contribution in [0, 0.1) is 0 Å². The predicted octanol–water partition coefficient (Wildman–Crippen LogP) is 2.01. The van der Waals surface area contributed by atoms with E-state index in [0.717, 1.165) is 18.7 Å². The van der Waals surface area contributed by atoms with Crippen LogP contribution in [0.5, 0.6) is 0 Å². The lowest BCUT2D eigenvalue weighted by molar-refractivity contribution is 0.0615. The van der Waals surface area contributed by atoms with Crippen molar-refractivity contribution in [3.63, 3.8) is 0 Å². The Balaban J connectivity index is 0.00000280. The maximum atomic E-state index is 12.6. The summed E-state index contributed by atoms with van der Waals surface area (Å²) in [5.74, 6) is 1.21. The van der Waals surface area contributed by atoms with Crippen LogP contribution in [0.4, 0.5) is 0 Å². The number of ether oxygens (including phenoxy) is 1. The van der Waals surface area contributed by atoms with Crippen molar-refractivity contribution in [2.75, 3.05) is 32.8 Å². The van der Waals surface area contributed by atoms with Crippen LogP contribution >= 0.6 is 12.4 Å². The minimum Gasteiger partial charge on any atom is -0.371 e. The van der Waals surface area contributed by atoms with Gasteiger partial charge in [-0.3, -0.25) is 9.69 Å². The summed E-state index contributed by atoms with van der Waals surface area (Å²) < 4.78 is 10.8. The van der Waals surface area contributed by atoms with Crippen molar-refractivity contribution in [1.82, 2.24) is 19.9 Å². The second-order valence-corrected chi connectivity index (χ2v) is 6.61. The van der Waals surface area contributed by atoms with Gasteiger partial charge in [0.15, 0.2) is 5.82 Å². The topological polar surface area (TPSA) is 97.7 Å². The number of aromatic nitrogens is 2. The number of nitrogens with two attached hydrogens (primary N) is 1. The van der Waals surface area contributed by atoms with Crippen LogP contribution < -0.4 is 5.73 Å². The number of rotatable bonds is 7. The molecule has 9 heteroatoms. The first-order chi connectivity index (χ1) is 13.1. The lowest BCUT2D eigenvalue weighted by Gasteiger charge is -2.34. The largest absolute Gasteiger partial charge is 0.371 e. The molecule has 1 unspecified atom stereocenters. The molecule has 1 saturated heterocycles. The van der Waals surface area contributed by atoms with E-state index in [4.69, 9.17) is 15.0 Å². The number of carbonyl (C=O) groups excluding carboxylic acids is 1. The van der Waals surface area contributed by atoms with Gasteiger partial charge in [-0.1, -0.05) is 17.3 Å². The normalized spacial score (nSPS) is 15.9. The van der Waals surface area contributed by atoms with Crippen molar-refractivity contribution in [2.45, 2.75) is 33.0 Å². The van der Waals surface area contributed by atoms with Gasteiger partial charge in [0, 0.05) is 44.9 Å². The number of nitrogens with zero attached hydrogens (tertiary/aromatic N) is 4. The van der Waals surface area contributed by atoms with E-state index in [-0.39, 0.29) is 24.4 Å². The number of amides is 1. The monoisotopic (exact) mass is 409 g/mol. The molecule has 154 valence electrons. The molecule has 2 heterocycles. The van der Waals surface area contributed by atoms with Crippen LogP contribution in [0.3, 0.4) is 0 Å². The van der Waals surface area contributed by atoms with Gasteiger partial charge in [0.25, 0.3) is 5.91 Å². The number of halogens is 1. The molecule has 3 rings (SSSR count). The molecular formula is C19H28ClN5O3. The summed E-state index contributed by atoms with van der Waals surface area (Å²) in [6.07, 6.45) is -0.173. The summed E-state index contributed by atoms with van der Waals surface area (Å²) in [5, 5.41) is 3.99. The minimum atomic E-state index is -0.173. The highest BCUT2D eigenvalue weighted by Gasteiger charge is 2.24. The zero-order valence-corrected chi connectivity index (χ0v) is 17.2. The number of carbonyl (C=O) groups is 1. The molecule has 28 heavy (non-hydrogen) atoms. The summed E-state index contributed by atoms with van der Waals surface area (Å²) in [6.45, 7) is 8.40. The lowest BCUT2D eigenvalue weighted by atomic mass is 10.1. The Hall–Kier alpha value is -2.00. The smallest absolute Gasteiger partial charge is 0.253 e. The molecule has 0 spiro atoms. The molecule has 2 N–H and O–H groups in total. The molecule has 1 amide bonds. The molecule has 1 fully saturated rings. The van der Waals surface area contributed by atoms with Gasteiger partial charge >= 0.3 is 0 Å². The van der Waals surface area contributed by atoms with Gasteiger partial charge in [-0.2, -0.15) is 4.98 Å². The van der Waals surface area contributed by atoms with Gasteiger partial charge in [0.2, 0.25) is 5.89 Å². The number of benzene rings is 1. The third kappa shape index (κ3) is 5.51. The van der Waals surface area contributed by atoms with E-state index in [9.17, 15) is 4.79 Å². The maximum absolute atomic E-state index is 12.6. The Morgan fingerprint density at radius 3 is 2.54 bits per heavy atom. The molecule has 1 aliphatic rings. The highest BCUT2D eigenvalue weighted by Crippen LogP contribution is 2.15. The molecule has 1 atom stereocenters. The van der Waals surface area contributed by atoms with Crippen LogP contribution in [0.15, 0.2) is 28.8 Å². The van der Waals surface area contributed by atoms with Crippen LogP contribution in [-0.2, 0) is 17.8 Å². The quantitative estimate of drug-likeness (QED) is 0.746. The molecule has 0 aliphatic carbocycles. The molecule has 0 saturated carbocycles. The standard InChI is InChI=1S/C19H27N5O3.ClH/c1-3-26-14(2)18-21-17(27-22-18)13-23-8-10-24(11-9-23)19(25)16-6-4-15(12-20)5-7-16;/h4-7,14H,3,8-13,20H2,1-2H3;1H. The van der Waals surface area contributed by atoms with Crippen molar-refractivity contribution in [3.8, 4) is 0 Å². The molecule has 1 aromatic carbocycles. The molecule has 8 nitrogen and oxygen atoms in total. The van der Waals surface area contributed by atoms with E-state index in [1.54, 1.807) is 0 Å². The van der Waals surface area contributed by atoms with E-state index in [2.05, 4.69) is 15.0 Å². The zero-order chi connectivity index (χ0) is 19.2. The van der Waals surface area contributed by atoms with Crippen molar-refractivity contribution < 1.29 is 14.1 Å². The van der Waals surface area contributed by atoms with Crippen molar-refractivity contribution >= 4 is 18.3 Å². The van der Waals surface area contributed by atoms with Gasteiger partial charge in [-0.15, -0.1) is 12.4 Å². The SMILES string of the molecule is CCOC(C)c1noc(CN2CCN(C(=O)c3ccc(CN)cc3)CC2)n1.Cl. The fourth-order valence-electron chi connectivity index (χ4n) is 3.09.